The molecule has 0 radical (unpaired) electrons. The van der Waals surface area contributed by atoms with Crippen LogP contribution in [0.15, 0.2) is 11.0 Å². The molecule has 0 aliphatic heterocycles. The quantitative estimate of drug-likeness (QED) is 0.544. The first-order chi connectivity index (χ1) is 4.61. The SMILES string of the molecule is O=S(O)c1cc(Cl)sc1Cl.[H-].[Na+]. The summed E-state index contributed by atoms with van der Waals surface area (Å²) in [5.41, 5.74) is 0. The van der Waals surface area contributed by atoms with Crippen LogP contribution in [0.1, 0.15) is 1.43 Å². The van der Waals surface area contributed by atoms with Gasteiger partial charge in [-0.15, -0.1) is 11.3 Å². The van der Waals surface area contributed by atoms with Crippen molar-refractivity contribution >= 4 is 45.6 Å². The van der Waals surface area contributed by atoms with Crippen LogP contribution >= 0.6 is 34.5 Å². The van der Waals surface area contributed by atoms with Crippen LogP contribution in [0.25, 0.3) is 0 Å². The first-order valence-electron chi connectivity index (χ1n) is 2.17. The van der Waals surface area contributed by atoms with Gasteiger partial charge < -0.3 is 5.98 Å². The van der Waals surface area contributed by atoms with Crippen LogP contribution in [0.4, 0.5) is 0 Å². The predicted molar refractivity (Wildman–Crippen MR) is 44.5 cm³/mol. The van der Waals surface area contributed by atoms with Gasteiger partial charge >= 0.3 is 29.6 Å². The third kappa shape index (κ3) is 3.32. The van der Waals surface area contributed by atoms with Gasteiger partial charge in [-0.1, -0.05) is 23.2 Å². The molecule has 7 heteroatoms. The molecule has 1 heterocycles. The molecule has 0 aromatic carbocycles. The van der Waals surface area contributed by atoms with Crippen molar-refractivity contribution in [3.05, 3.63) is 14.7 Å². The molecule has 0 saturated carbocycles. The van der Waals surface area contributed by atoms with Gasteiger partial charge in [0.15, 0.2) is 11.1 Å². The number of rotatable bonds is 1. The van der Waals surface area contributed by atoms with Crippen LogP contribution in [0.5, 0.6) is 0 Å². The van der Waals surface area contributed by atoms with Crippen molar-refractivity contribution in [2.45, 2.75) is 4.90 Å². The zero-order valence-corrected chi connectivity index (χ0v) is 10.7. The summed E-state index contributed by atoms with van der Waals surface area (Å²) in [4.78, 5) is 0.177. The fraction of sp³-hybridized carbons (Fsp3) is 0. The molecule has 58 valence electrons. The van der Waals surface area contributed by atoms with Gasteiger partial charge in [-0.05, 0) is 6.07 Å². The molecule has 1 aromatic rings. The van der Waals surface area contributed by atoms with E-state index in [-0.39, 0.29) is 40.2 Å². The predicted octanol–water partition coefficient (Wildman–Crippen LogP) is -0.248. The Morgan fingerprint density at radius 1 is 1.64 bits per heavy atom. The Labute approximate surface area is 104 Å². The largest absolute Gasteiger partial charge is 1.00 e. The second-order valence-electron chi connectivity index (χ2n) is 1.44. The van der Waals surface area contributed by atoms with Gasteiger partial charge in [0.2, 0.25) is 0 Å². The molecule has 1 N–H and O–H groups in total. The summed E-state index contributed by atoms with van der Waals surface area (Å²) in [6.07, 6.45) is 0. The van der Waals surface area contributed by atoms with Crippen LogP contribution in [-0.4, -0.2) is 8.76 Å². The molecule has 0 bridgehead atoms. The number of hydrogen-bond donors (Lipinski definition) is 1. The molecule has 0 fully saturated rings. The van der Waals surface area contributed by atoms with E-state index in [1.165, 1.54) is 6.07 Å². The van der Waals surface area contributed by atoms with Crippen molar-refractivity contribution in [3.8, 4) is 0 Å². The van der Waals surface area contributed by atoms with Gasteiger partial charge in [0, 0.05) is 0 Å². The van der Waals surface area contributed by atoms with Crippen molar-refractivity contribution < 1.29 is 39.7 Å². The molecular formula is C4H3Cl2NaO2S2. The second kappa shape index (κ2) is 5.19. The van der Waals surface area contributed by atoms with Crippen molar-refractivity contribution in [2.75, 3.05) is 0 Å². The van der Waals surface area contributed by atoms with Gasteiger partial charge in [-0.2, -0.15) is 0 Å². The zero-order valence-electron chi connectivity index (χ0n) is 6.51. The maximum absolute atomic E-state index is 10.4. The average Bonchev–Trinajstić information content (AvgIpc) is 2.10. The molecule has 2 nitrogen and oxygen atoms in total. The fourth-order valence-electron chi connectivity index (χ4n) is 0.444. The van der Waals surface area contributed by atoms with E-state index in [1.807, 2.05) is 0 Å². The van der Waals surface area contributed by atoms with Crippen molar-refractivity contribution in [1.82, 2.24) is 0 Å². The average molecular weight is 241 g/mol. The zero-order chi connectivity index (χ0) is 7.72. The van der Waals surface area contributed by atoms with E-state index in [2.05, 4.69) is 0 Å². The molecule has 11 heavy (non-hydrogen) atoms. The standard InChI is InChI=1S/C4H2Cl2O2S2.Na.H/c5-3-1-2(10(7)8)4(6)9-3;;/h1H,(H,7,8);;/q;+1;-1. The van der Waals surface area contributed by atoms with E-state index < -0.39 is 11.1 Å². The molecule has 1 atom stereocenters. The summed E-state index contributed by atoms with van der Waals surface area (Å²) < 4.78 is 19.7. The molecule has 0 spiro atoms. The van der Waals surface area contributed by atoms with Crippen molar-refractivity contribution in [3.63, 3.8) is 0 Å². The molecule has 1 rings (SSSR count). The Morgan fingerprint density at radius 3 is 2.36 bits per heavy atom. The third-order valence-electron chi connectivity index (χ3n) is 0.814. The van der Waals surface area contributed by atoms with Crippen LogP contribution in [0.3, 0.4) is 0 Å². The third-order valence-corrected chi connectivity index (χ3v) is 3.24. The van der Waals surface area contributed by atoms with Crippen molar-refractivity contribution in [2.24, 2.45) is 0 Å². The van der Waals surface area contributed by atoms with Crippen LogP contribution in [-0.2, 0) is 11.1 Å². The minimum atomic E-state index is -2.03. The Kier molecular flexibility index (Phi) is 5.85. The maximum Gasteiger partial charge on any atom is 1.00 e. The minimum Gasteiger partial charge on any atom is -1.00 e. The Morgan fingerprint density at radius 2 is 2.18 bits per heavy atom. The molecule has 0 aliphatic rings. The van der Waals surface area contributed by atoms with E-state index in [0.717, 1.165) is 11.3 Å². The van der Waals surface area contributed by atoms with Gasteiger partial charge in [0.25, 0.3) is 0 Å². The monoisotopic (exact) mass is 240 g/mol. The van der Waals surface area contributed by atoms with E-state index >= 15 is 0 Å². The molecule has 1 unspecified atom stereocenters. The van der Waals surface area contributed by atoms with Gasteiger partial charge in [-0.3, -0.25) is 0 Å². The number of thiophene rings is 1. The summed E-state index contributed by atoms with van der Waals surface area (Å²) in [6, 6.07) is 1.38. The Hall–Kier alpha value is 1.39. The van der Waals surface area contributed by atoms with Gasteiger partial charge in [0.05, 0.1) is 9.23 Å². The van der Waals surface area contributed by atoms with E-state index in [4.69, 9.17) is 27.8 Å². The summed E-state index contributed by atoms with van der Waals surface area (Å²) >= 11 is 10.1. The first kappa shape index (κ1) is 12.4. The topological polar surface area (TPSA) is 37.3 Å². The molecule has 0 saturated heterocycles. The summed E-state index contributed by atoms with van der Waals surface area (Å²) in [6.45, 7) is 0. The second-order valence-corrected chi connectivity index (χ2v) is 4.66. The smallest absolute Gasteiger partial charge is 1.00 e. The normalized spacial score (nSPS) is 12.3. The summed E-state index contributed by atoms with van der Waals surface area (Å²) in [5, 5.41) is 0. The Bertz CT molecular complexity index is 280. The van der Waals surface area contributed by atoms with Crippen LogP contribution in [0.2, 0.25) is 8.67 Å². The van der Waals surface area contributed by atoms with Gasteiger partial charge in [-0.25, -0.2) is 4.21 Å². The van der Waals surface area contributed by atoms with Crippen LogP contribution < -0.4 is 29.6 Å². The van der Waals surface area contributed by atoms with E-state index in [1.54, 1.807) is 0 Å². The van der Waals surface area contributed by atoms with E-state index in [0.29, 0.717) is 4.34 Å². The number of halogens is 2. The van der Waals surface area contributed by atoms with Gasteiger partial charge in [0.1, 0.15) is 4.34 Å². The first-order valence-corrected chi connectivity index (χ1v) is 4.85. The van der Waals surface area contributed by atoms with Crippen molar-refractivity contribution in [1.29, 1.82) is 0 Å². The maximum atomic E-state index is 10.4. The molecule has 1 aromatic heterocycles. The molecule has 0 amide bonds. The fourth-order valence-corrected chi connectivity index (χ4v) is 2.75. The Balaban J connectivity index is 0. The molecular weight excluding hydrogens is 238 g/mol. The van der Waals surface area contributed by atoms with Crippen LogP contribution in [0, 0.1) is 0 Å². The van der Waals surface area contributed by atoms with E-state index in [9.17, 15) is 4.21 Å². The summed E-state index contributed by atoms with van der Waals surface area (Å²) in [5.74, 6) is 0. The number of hydrogen-bond acceptors (Lipinski definition) is 2. The summed E-state index contributed by atoms with van der Waals surface area (Å²) in [7, 11) is 0. The minimum absolute atomic E-state index is 0. The molecule has 0 aliphatic carbocycles.